The van der Waals surface area contributed by atoms with Crippen molar-refractivity contribution >= 4 is 11.7 Å². The predicted molar refractivity (Wildman–Crippen MR) is 125 cm³/mol. The molecular weight excluding hydrogens is 418 g/mol. The van der Waals surface area contributed by atoms with Crippen LogP contribution in [-0.2, 0) is 4.74 Å². The standard InChI is InChI=1S/C26H31N3O4/c30-26(31)21-13-14-23(22(15-21)19-7-4-8-19)28-29(32)24-16-33-25(27-24)20-11-9-18(10-12-20)17-5-2-1-3-6-17/h9-17,19,25,27-28,32H,1-8H2,(H,30,31). The Morgan fingerprint density at radius 3 is 2.30 bits per heavy atom. The van der Waals surface area contributed by atoms with Crippen LogP contribution < -0.4 is 10.7 Å². The molecule has 3 aliphatic rings. The highest BCUT2D eigenvalue weighted by Gasteiger charge is 2.27. The number of hydrogen-bond donors (Lipinski definition) is 4. The van der Waals surface area contributed by atoms with Gasteiger partial charge < -0.3 is 15.2 Å². The molecule has 174 valence electrons. The second-order valence-electron chi connectivity index (χ2n) is 9.32. The first-order chi connectivity index (χ1) is 16.1. The summed E-state index contributed by atoms with van der Waals surface area (Å²) in [6, 6.07) is 13.5. The monoisotopic (exact) mass is 449 g/mol. The average Bonchev–Trinajstić information content (AvgIpc) is 3.30. The molecule has 7 nitrogen and oxygen atoms in total. The van der Waals surface area contributed by atoms with Crippen molar-refractivity contribution < 1.29 is 19.8 Å². The molecule has 1 heterocycles. The first-order valence-corrected chi connectivity index (χ1v) is 11.9. The second-order valence-corrected chi connectivity index (χ2v) is 9.32. The summed E-state index contributed by atoms with van der Waals surface area (Å²) in [6.45, 7) is 0. The van der Waals surface area contributed by atoms with Gasteiger partial charge in [0.2, 0.25) is 0 Å². The summed E-state index contributed by atoms with van der Waals surface area (Å²) >= 11 is 0. The number of carboxylic acid groups (broad SMARTS) is 1. The maximum atomic E-state index is 11.4. The Labute approximate surface area is 194 Å². The molecule has 7 heteroatoms. The van der Waals surface area contributed by atoms with Crippen molar-refractivity contribution in [3.8, 4) is 0 Å². The van der Waals surface area contributed by atoms with E-state index in [1.807, 2.05) is 0 Å². The summed E-state index contributed by atoms with van der Waals surface area (Å²) in [7, 11) is 0. The molecule has 2 fully saturated rings. The number of hydroxylamine groups is 1. The van der Waals surface area contributed by atoms with Crippen LogP contribution in [0.25, 0.3) is 0 Å². The number of rotatable bonds is 7. The highest BCUT2D eigenvalue weighted by Crippen LogP contribution is 2.40. The number of anilines is 1. The third-order valence-electron chi connectivity index (χ3n) is 7.21. The van der Waals surface area contributed by atoms with Crippen LogP contribution in [0.1, 0.15) is 96.5 Å². The van der Waals surface area contributed by atoms with E-state index in [1.165, 1.54) is 43.9 Å². The molecule has 0 amide bonds. The molecule has 2 saturated carbocycles. The quantitative estimate of drug-likeness (QED) is 0.395. The minimum absolute atomic E-state index is 0.255. The molecular formula is C26H31N3O4. The van der Waals surface area contributed by atoms with Gasteiger partial charge in [-0.15, -0.1) is 5.17 Å². The number of carbonyl (C=O) groups is 1. The third kappa shape index (κ3) is 4.64. The van der Waals surface area contributed by atoms with Crippen molar-refractivity contribution in [2.75, 3.05) is 5.43 Å². The lowest BCUT2D eigenvalue weighted by Gasteiger charge is -2.30. The molecule has 0 radical (unpaired) electrons. The molecule has 1 unspecified atom stereocenters. The van der Waals surface area contributed by atoms with Gasteiger partial charge in [0.1, 0.15) is 6.26 Å². The van der Waals surface area contributed by atoms with Crippen molar-refractivity contribution in [1.29, 1.82) is 0 Å². The molecule has 33 heavy (non-hydrogen) atoms. The number of aromatic carboxylic acids is 1. The number of hydrogen-bond acceptors (Lipinski definition) is 6. The number of hydrazine groups is 1. The van der Waals surface area contributed by atoms with Crippen LogP contribution in [0.3, 0.4) is 0 Å². The zero-order valence-electron chi connectivity index (χ0n) is 18.7. The van der Waals surface area contributed by atoms with Gasteiger partial charge in [-0.1, -0.05) is 49.9 Å². The molecule has 1 atom stereocenters. The first kappa shape index (κ1) is 21.6. The molecule has 1 aliphatic heterocycles. The van der Waals surface area contributed by atoms with Crippen molar-refractivity contribution in [3.05, 3.63) is 76.8 Å². The maximum absolute atomic E-state index is 11.4. The third-order valence-corrected chi connectivity index (χ3v) is 7.21. The zero-order valence-corrected chi connectivity index (χ0v) is 18.7. The van der Waals surface area contributed by atoms with E-state index in [9.17, 15) is 15.1 Å². The summed E-state index contributed by atoms with van der Waals surface area (Å²) in [4.78, 5) is 11.4. The van der Waals surface area contributed by atoms with Gasteiger partial charge in [-0.05, 0) is 66.8 Å². The van der Waals surface area contributed by atoms with Crippen LogP contribution in [0.15, 0.2) is 54.5 Å². The van der Waals surface area contributed by atoms with Crippen LogP contribution in [0, 0.1) is 0 Å². The summed E-state index contributed by atoms with van der Waals surface area (Å²) in [6.07, 6.45) is 10.8. The van der Waals surface area contributed by atoms with Crippen LogP contribution in [0.2, 0.25) is 0 Å². The van der Waals surface area contributed by atoms with E-state index in [1.54, 1.807) is 18.2 Å². The van der Waals surface area contributed by atoms with E-state index in [0.717, 1.165) is 35.6 Å². The molecule has 0 saturated heterocycles. The van der Waals surface area contributed by atoms with Crippen molar-refractivity contribution in [2.24, 2.45) is 0 Å². The smallest absolute Gasteiger partial charge is 0.335 e. The maximum Gasteiger partial charge on any atom is 0.335 e. The number of nitrogens with zero attached hydrogens (tertiary/aromatic N) is 1. The van der Waals surface area contributed by atoms with Gasteiger partial charge in [0.05, 0.1) is 11.3 Å². The molecule has 0 bridgehead atoms. The Morgan fingerprint density at radius 1 is 0.939 bits per heavy atom. The SMILES string of the molecule is O=C(O)c1ccc(NN(O)C2=COC(c3ccc(C4CCCCC4)cc3)N2)c(C2CCC2)c1. The Hall–Kier alpha value is -3.19. The summed E-state index contributed by atoms with van der Waals surface area (Å²) in [5, 5.41) is 24.1. The molecule has 2 aromatic carbocycles. The van der Waals surface area contributed by atoms with Gasteiger partial charge >= 0.3 is 5.97 Å². The van der Waals surface area contributed by atoms with Gasteiger partial charge in [-0.25, -0.2) is 4.79 Å². The predicted octanol–water partition coefficient (Wildman–Crippen LogP) is 5.84. The summed E-state index contributed by atoms with van der Waals surface area (Å²) < 4.78 is 5.76. The number of benzene rings is 2. The number of ether oxygens (including phenoxy) is 1. The lowest BCUT2D eigenvalue weighted by Crippen LogP contribution is -2.33. The summed E-state index contributed by atoms with van der Waals surface area (Å²) in [5.41, 5.74) is 7.22. The lowest BCUT2D eigenvalue weighted by atomic mass is 9.79. The average molecular weight is 450 g/mol. The van der Waals surface area contributed by atoms with E-state index in [-0.39, 0.29) is 11.8 Å². The normalized spacial score (nSPS) is 20.9. The van der Waals surface area contributed by atoms with Gasteiger partial charge in [0.25, 0.3) is 0 Å². The van der Waals surface area contributed by atoms with E-state index in [2.05, 4.69) is 35.0 Å². The highest BCUT2D eigenvalue weighted by atomic mass is 16.6. The summed E-state index contributed by atoms with van der Waals surface area (Å²) in [5.74, 6) is 0.401. The zero-order chi connectivity index (χ0) is 22.8. The van der Waals surface area contributed by atoms with E-state index < -0.39 is 5.97 Å². The fourth-order valence-corrected chi connectivity index (χ4v) is 5.02. The van der Waals surface area contributed by atoms with Gasteiger partial charge in [0, 0.05) is 5.56 Å². The molecule has 0 spiro atoms. The van der Waals surface area contributed by atoms with Crippen LogP contribution >= 0.6 is 0 Å². The van der Waals surface area contributed by atoms with E-state index in [0.29, 0.717) is 23.3 Å². The molecule has 0 aromatic heterocycles. The van der Waals surface area contributed by atoms with Gasteiger partial charge in [0.15, 0.2) is 12.0 Å². The number of nitrogens with one attached hydrogen (secondary N) is 2. The van der Waals surface area contributed by atoms with E-state index >= 15 is 0 Å². The minimum atomic E-state index is -0.950. The van der Waals surface area contributed by atoms with Gasteiger partial charge in [-0.3, -0.25) is 10.6 Å². The topological polar surface area (TPSA) is 94.1 Å². The Morgan fingerprint density at radius 2 is 1.64 bits per heavy atom. The largest absolute Gasteiger partial charge is 0.478 e. The molecule has 4 N–H and O–H groups in total. The Bertz CT molecular complexity index is 1030. The van der Waals surface area contributed by atoms with Crippen molar-refractivity contribution in [3.63, 3.8) is 0 Å². The highest BCUT2D eigenvalue weighted by molar-refractivity contribution is 5.88. The fraction of sp³-hybridized carbons (Fsp3) is 0.423. The fourth-order valence-electron chi connectivity index (χ4n) is 5.02. The van der Waals surface area contributed by atoms with Crippen LogP contribution in [-0.4, -0.2) is 21.5 Å². The van der Waals surface area contributed by atoms with Crippen LogP contribution in [0.4, 0.5) is 5.69 Å². The minimum Gasteiger partial charge on any atom is -0.478 e. The number of carboxylic acids is 1. The molecule has 2 aliphatic carbocycles. The van der Waals surface area contributed by atoms with Crippen molar-refractivity contribution in [2.45, 2.75) is 69.4 Å². The Kier molecular flexibility index (Phi) is 6.13. The van der Waals surface area contributed by atoms with Crippen molar-refractivity contribution in [1.82, 2.24) is 10.5 Å². The lowest BCUT2D eigenvalue weighted by molar-refractivity contribution is -0.0363. The molecule has 2 aromatic rings. The van der Waals surface area contributed by atoms with Gasteiger partial charge in [-0.2, -0.15) is 0 Å². The first-order valence-electron chi connectivity index (χ1n) is 11.9. The van der Waals surface area contributed by atoms with Crippen LogP contribution in [0.5, 0.6) is 0 Å². The Balaban J connectivity index is 1.23. The second kappa shape index (κ2) is 9.35. The van der Waals surface area contributed by atoms with E-state index in [4.69, 9.17) is 4.74 Å². The molecule has 5 rings (SSSR count).